The Labute approximate surface area is 250 Å². The number of benzene rings is 3. The molecule has 1 aliphatic heterocycles. The molecule has 7 rings (SSSR count). The molecular formula is C31H25Cl2N3O4S. The van der Waals surface area contributed by atoms with Crippen molar-refractivity contribution in [1.29, 1.82) is 0 Å². The zero-order valence-electron chi connectivity index (χ0n) is 22.2. The standard InChI is InChI=1S/C31H25Cl2N3O4S/c1-38-30(37)19-8-10-25-26(14-19)41-31(34-25)36-12-11-17-7-9-21(13-20(17)15-36)39-16-22-28(35-40-29(22)18-5-6-18)27-23(32)3-2-4-24(27)33/h2-4,7-10,13-14,18H,5-6,11-12,15-16H2,1H3. The predicted molar refractivity (Wildman–Crippen MR) is 160 cm³/mol. The van der Waals surface area contributed by atoms with Crippen LogP contribution in [-0.4, -0.2) is 29.8 Å². The van der Waals surface area contributed by atoms with Crippen molar-refractivity contribution in [3.63, 3.8) is 0 Å². The Balaban J connectivity index is 1.12. The van der Waals surface area contributed by atoms with Gasteiger partial charge in [0.15, 0.2) is 5.13 Å². The molecule has 0 N–H and O–H groups in total. The van der Waals surface area contributed by atoms with Crippen LogP contribution in [-0.2, 0) is 24.3 Å². The van der Waals surface area contributed by atoms with Crippen molar-refractivity contribution >= 4 is 55.9 Å². The second-order valence-electron chi connectivity index (χ2n) is 10.3. The highest BCUT2D eigenvalue weighted by Gasteiger charge is 2.34. The number of esters is 1. The van der Waals surface area contributed by atoms with Crippen molar-refractivity contribution in [2.45, 2.75) is 38.3 Å². The predicted octanol–water partition coefficient (Wildman–Crippen LogP) is 8.06. The van der Waals surface area contributed by atoms with E-state index in [4.69, 9.17) is 42.2 Å². The van der Waals surface area contributed by atoms with Crippen LogP contribution in [0.5, 0.6) is 5.75 Å². The van der Waals surface area contributed by atoms with Crippen molar-refractivity contribution < 1.29 is 18.8 Å². The number of nitrogens with zero attached hydrogens (tertiary/aromatic N) is 3. The number of ether oxygens (including phenoxy) is 2. The molecule has 10 heteroatoms. The average Bonchev–Trinajstić information content (AvgIpc) is 3.60. The third-order valence-corrected chi connectivity index (χ3v) is 9.32. The Kier molecular flexibility index (Phi) is 6.85. The van der Waals surface area contributed by atoms with Gasteiger partial charge in [-0.3, -0.25) is 0 Å². The minimum absolute atomic E-state index is 0.301. The minimum Gasteiger partial charge on any atom is -0.489 e. The molecule has 208 valence electrons. The zero-order chi connectivity index (χ0) is 28.1. The van der Waals surface area contributed by atoms with Crippen LogP contribution in [0.4, 0.5) is 5.13 Å². The van der Waals surface area contributed by atoms with E-state index >= 15 is 0 Å². The first-order valence-electron chi connectivity index (χ1n) is 13.4. The molecule has 0 spiro atoms. The largest absolute Gasteiger partial charge is 0.489 e. The van der Waals surface area contributed by atoms with Gasteiger partial charge in [-0.1, -0.05) is 51.8 Å². The van der Waals surface area contributed by atoms with E-state index < -0.39 is 0 Å². The number of halogens is 2. The Morgan fingerprint density at radius 1 is 1.10 bits per heavy atom. The first kappa shape index (κ1) is 26.3. The monoisotopic (exact) mass is 605 g/mol. The normalized spacial score (nSPS) is 14.8. The molecule has 3 aromatic carbocycles. The molecule has 1 aliphatic carbocycles. The fraction of sp³-hybridized carbons (Fsp3) is 0.258. The molecule has 3 heterocycles. The molecule has 41 heavy (non-hydrogen) atoms. The number of anilines is 1. The fourth-order valence-electron chi connectivity index (χ4n) is 5.28. The molecule has 2 aliphatic rings. The highest BCUT2D eigenvalue weighted by molar-refractivity contribution is 7.22. The maximum Gasteiger partial charge on any atom is 0.337 e. The lowest BCUT2D eigenvalue weighted by Crippen LogP contribution is -2.30. The van der Waals surface area contributed by atoms with E-state index in [0.29, 0.717) is 39.4 Å². The highest BCUT2D eigenvalue weighted by Crippen LogP contribution is 2.46. The molecule has 7 nitrogen and oxygen atoms in total. The summed E-state index contributed by atoms with van der Waals surface area (Å²) >= 11 is 14.6. The first-order valence-corrected chi connectivity index (χ1v) is 15.0. The quantitative estimate of drug-likeness (QED) is 0.174. The molecule has 0 unspecified atom stereocenters. The van der Waals surface area contributed by atoms with Gasteiger partial charge in [0.1, 0.15) is 23.8 Å². The first-order chi connectivity index (χ1) is 20.0. The average molecular weight is 607 g/mol. The molecule has 0 saturated heterocycles. The van der Waals surface area contributed by atoms with Crippen molar-refractivity contribution in [1.82, 2.24) is 10.1 Å². The lowest BCUT2D eigenvalue weighted by Gasteiger charge is -2.28. The molecule has 1 saturated carbocycles. The number of methoxy groups -OCH3 is 1. The van der Waals surface area contributed by atoms with Gasteiger partial charge in [0.2, 0.25) is 0 Å². The fourth-order valence-corrected chi connectivity index (χ4v) is 6.89. The molecule has 1 fully saturated rings. The molecule has 0 bridgehead atoms. The van der Waals surface area contributed by atoms with Gasteiger partial charge in [-0.25, -0.2) is 9.78 Å². The lowest BCUT2D eigenvalue weighted by atomic mass is 10.00. The zero-order valence-corrected chi connectivity index (χ0v) is 24.5. The van der Waals surface area contributed by atoms with Crippen LogP contribution >= 0.6 is 34.5 Å². The van der Waals surface area contributed by atoms with Crippen molar-refractivity contribution in [3.8, 4) is 17.0 Å². The lowest BCUT2D eigenvalue weighted by molar-refractivity contribution is 0.0601. The molecule has 0 amide bonds. The SMILES string of the molecule is COC(=O)c1ccc2nc(N3CCc4ccc(OCc5c(-c6c(Cl)cccc6Cl)noc5C5CC5)cc4C3)sc2c1. The van der Waals surface area contributed by atoms with E-state index in [1.807, 2.05) is 24.3 Å². The van der Waals surface area contributed by atoms with Gasteiger partial charge in [-0.15, -0.1) is 0 Å². The van der Waals surface area contributed by atoms with E-state index in [1.54, 1.807) is 29.5 Å². The van der Waals surface area contributed by atoms with Gasteiger partial charge in [0.25, 0.3) is 0 Å². The molecule has 2 aromatic heterocycles. The van der Waals surface area contributed by atoms with E-state index in [9.17, 15) is 4.79 Å². The van der Waals surface area contributed by atoms with Crippen LogP contribution in [0, 0.1) is 0 Å². The summed E-state index contributed by atoms with van der Waals surface area (Å²) in [6.45, 7) is 1.89. The van der Waals surface area contributed by atoms with Gasteiger partial charge in [0, 0.05) is 24.6 Å². The summed E-state index contributed by atoms with van der Waals surface area (Å²) in [5.41, 5.74) is 6.09. The molecule has 5 aromatic rings. The number of thiazole rings is 1. The number of hydrogen-bond acceptors (Lipinski definition) is 8. The van der Waals surface area contributed by atoms with E-state index in [2.05, 4.69) is 22.2 Å². The maximum atomic E-state index is 12.0. The smallest absolute Gasteiger partial charge is 0.337 e. The molecule has 0 atom stereocenters. The number of rotatable bonds is 7. The molecule has 0 radical (unpaired) electrons. The summed E-state index contributed by atoms with van der Waals surface area (Å²) in [6.07, 6.45) is 3.05. The summed E-state index contributed by atoms with van der Waals surface area (Å²) in [6, 6.07) is 17.2. The Bertz CT molecular complexity index is 1780. The van der Waals surface area contributed by atoms with Gasteiger partial charge >= 0.3 is 5.97 Å². The number of aromatic nitrogens is 2. The Morgan fingerprint density at radius 3 is 2.71 bits per heavy atom. The van der Waals surface area contributed by atoms with E-state index in [0.717, 1.165) is 64.8 Å². The topological polar surface area (TPSA) is 77.7 Å². The van der Waals surface area contributed by atoms with Crippen LogP contribution in [0.3, 0.4) is 0 Å². The summed E-state index contributed by atoms with van der Waals surface area (Å²) in [5.74, 6) is 1.63. The van der Waals surface area contributed by atoms with E-state index in [1.165, 1.54) is 18.2 Å². The Morgan fingerprint density at radius 2 is 1.93 bits per heavy atom. The van der Waals surface area contributed by atoms with Crippen LogP contribution in [0.25, 0.3) is 21.5 Å². The van der Waals surface area contributed by atoms with Gasteiger partial charge in [-0.05, 0) is 72.9 Å². The summed E-state index contributed by atoms with van der Waals surface area (Å²) in [4.78, 5) is 19.1. The van der Waals surface area contributed by atoms with Gasteiger partial charge in [-0.2, -0.15) is 0 Å². The number of carbonyl (C=O) groups excluding carboxylic acids is 1. The van der Waals surface area contributed by atoms with Crippen LogP contribution in [0.1, 0.15) is 51.6 Å². The number of carbonyl (C=O) groups is 1. The van der Waals surface area contributed by atoms with Crippen molar-refractivity contribution in [2.75, 3.05) is 18.6 Å². The highest BCUT2D eigenvalue weighted by atomic mass is 35.5. The third-order valence-electron chi connectivity index (χ3n) is 7.61. The summed E-state index contributed by atoms with van der Waals surface area (Å²) in [5, 5.41) is 6.36. The number of hydrogen-bond donors (Lipinski definition) is 0. The van der Waals surface area contributed by atoms with Gasteiger partial charge < -0.3 is 18.9 Å². The Hall–Kier alpha value is -3.59. The van der Waals surface area contributed by atoms with Crippen LogP contribution < -0.4 is 9.64 Å². The van der Waals surface area contributed by atoms with Crippen molar-refractivity contribution in [3.05, 3.63) is 92.7 Å². The maximum absolute atomic E-state index is 12.0. The van der Waals surface area contributed by atoms with E-state index in [-0.39, 0.29) is 5.97 Å². The van der Waals surface area contributed by atoms with Crippen molar-refractivity contribution in [2.24, 2.45) is 0 Å². The summed E-state index contributed by atoms with van der Waals surface area (Å²) in [7, 11) is 1.39. The minimum atomic E-state index is -0.348. The number of fused-ring (bicyclic) bond motifs is 2. The second-order valence-corrected chi connectivity index (χ2v) is 12.1. The van der Waals surface area contributed by atoms with Gasteiger partial charge in [0.05, 0.1) is 38.5 Å². The van der Waals surface area contributed by atoms with Crippen LogP contribution in [0.15, 0.2) is 59.1 Å². The summed E-state index contributed by atoms with van der Waals surface area (Å²) < 4.78 is 18.0. The molecular weight excluding hydrogens is 581 g/mol. The van der Waals surface area contributed by atoms with Crippen LogP contribution in [0.2, 0.25) is 10.0 Å². The second kappa shape index (κ2) is 10.7. The third kappa shape index (κ3) is 5.05.